The highest BCUT2D eigenvalue weighted by molar-refractivity contribution is 7.09. The van der Waals surface area contributed by atoms with Crippen molar-refractivity contribution in [2.75, 3.05) is 5.32 Å². The monoisotopic (exact) mass is 197 g/mol. The van der Waals surface area contributed by atoms with Crippen molar-refractivity contribution < 1.29 is 0 Å². The Hall–Kier alpha value is -0.640. The molecule has 0 bridgehead atoms. The van der Waals surface area contributed by atoms with E-state index < -0.39 is 0 Å². The van der Waals surface area contributed by atoms with E-state index in [9.17, 15) is 0 Å². The number of anilines is 1. The van der Waals surface area contributed by atoms with Crippen molar-refractivity contribution in [3.05, 3.63) is 5.82 Å². The average molecular weight is 197 g/mol. The van der Waals surface area contributed by atoms with Gasteiger partial charge in [0.2, 0.25) is 5.13 Å². The first-order chi connectivity index (χ1) is 6.16. The molecule has 0 radical (unpaired) electrons. The molecular weight excluding hydrogens is 182 g/mol. The topological polar surface area (TPSA) is 37.8 Å². The summed E-state index contributed by atoms with van der Waals surface area (Å²) >= 11 is 1.48. The Kier molecular flexibility index (Phi) is 2.24. The van der Waals surface area contributed by atoms with E-state index in [0.717, 1.165) is 16.9 Å². The van der Waals surface area contributed by atoms with Gasteiger partial charge in [-0.2, -0.15) is 4.37 Å². The molecular formula is C9H15N3S. The molecule has 2 atom stereocenters. The number of rotatable bonds is 3. The van der Waals surface area contributed by atoms with Crippen molar-refractivity contribution in [1.29, 1.82) is 0 Å². The molecule has 3 nitrogen and oxygen atoms in total. The Morgan fingerprint density at radius 1 is 1.54 bits per heavy atom. The van der Waals surface area contributed by atoms with Crippen molar-refractivity contribution >= 4 is 16.7 Å². The highest BCUT2D eigenvalue weighted by atomic mass is 32.1. The molecule has 1 N–H and O–H groups in total. The molecule has 1 aliphatic rings. The fourth-order valence-corrected chi connectivity index (χ4v) is 2.15. The fourth-order valence-electron chi connectivity index (χ4n) is 1.37. The van der Waals surface area contributed by atoms with Crippen molar-refractivity contribution in [3.63, 3.8) is 0 Å². The lowest BCUT2D eigenvalue weighted by Gasteiger charge is -2.03. The summed E-state index contributed by atoms with van der Waals surface area (Å²) in [6.07, 6.45) is 1.26. The first kappa shape index (κ1) is 8.94. The third-order valence-corrected chi connectivity index (χ3v) is 2.96. The molecule has 0 aromatic carbocycles. The summed E-state index contributed by atoms with van der Waals surface area (Å²) in [6, 6.07) is 0.442. The molecule has 0 amide bonds. The molecule has 72 valence electrons. The van der Waals surface area contributed by atoms with Crippen LogP contribution in [0.1, 0.15) is 38.9 Å². The van der Waals surface area contributed by atoms with Crippen LogP contribution in [0, 0.1) is 5.92 Å². The van der Waals surface area contributed by atoms with E-state index in [1.165, 1.54) is 18.0 Å². The predicted octanol–water partition coefficient (Wildman–Crippen LogP) is 2.48. The maximum atomic E-state index is 4.46. The lowest BCUT2D eigenvalue weighted by atomic mass is 10.3. The van der Waals surface area contributed by atoms with Gasteiger partial charge in [-0.05, 0) is 26.2 Å². The molecule has 0 saturated heterocycles. The minimum Gasteiger partial charge on any atom is -0.358 e. The normalized spacial score (nSPS) is 26.5. The van der Waals surface area contributed by atoms with E-state index in [1.807, 2.05) is 0 Å². The highest BCUT2D eigenvalue weighted by Gasteiger charge is 2.37. The van der Waals surface area contributed by atoms with Crippen molar-refractivity contribution in [1.82, 2.24) is 9.36 Å². The second-order valence-electron chi connectivity index (χ2n) is 4.08. The van der Waals surface area contributed by atoms with Crippen LogP contribution in [0.4, 0.5) is 5.13 Å². The number of nitrogens with one attached hydrogen (secondary N) is 1. The molecule has 0 aliphatic heterocycles. The van der Waals surface area contributed by atoms with Crippen LogP contribution in [-0.2, 0) is 0 Å². The Morgan fingerprint density at radius 3 is 2.77 bits per heavy atom. The number of aromatic nitrogens is 2. The maximum absolute atomic E-state index is 4.46. The lowest BCUT2D eigenvalue weighted by molar-refractivity contribution is 0.857. The first-order valence-electron chi connectivity index (χ1n) is 4.77. The predicted molar refractivity (Wildman–Crippen MR) is 55.2 cm³/mol. The van der Waals surface area contributed by atoms with Crippen molar-refractivity contribution in [2.45, 2.75) is 39.2 Å². The van der Waals surface area contributed by atoms with E-state index in [1.54, 1.807) is 0 Å². The van der Waals surface area contributed by atoms with Gasteiger partial charge in [0, 0.05) is 23.5 Å². The molecule has 1 heterocycles. The van der Waals surface area contributed by atoms with E-state index in [2.05, 4.69) is 35.4 Å². The van der Waals surface area contributed by atoms with Crippen LogP contribution in [0.5, 0.6) is 0 Å². The van der Waals surface area contributed by atoms with Gasteiger partial charge in [-0.3, -0.25) is 0 Å². The summed E-state index contributed by atoms with van der Waals surface area (Å²) in [6.45, 7) is 6.48. The Bertz CT molecular complexity index is 295. The van der Waals surface area contributed by atoms with Gasteiger partial charge in [0.15, 0.2) is 0 Å². The van der Waals surface area contributed by atoms with Crippen molar-refractivity contribution in [3.8, 4) is 0 Å². The molecule has 13 heavy (non-hydrogen) atoms. The van der Waals surface area contributed by atoms with Crippen LogP contribution in [-0.4, -0.2) is 15.4 Å². The number of hydrogen-bond donors (Lipinski definition) is 1. The van der Waals surface area contributed by atoms with Gasteiger partial charge >= 0.3 is 0 Å². The second-order valence-corrected chi connectivity index (χ2v) is 4.83. The minimum absolute atomic E-state index is 0.442. The standard InChI is InChI=1S/C9H15N3S/c1-5(2)10-9-11-8(12-13-9)7-4-6(7)3/h5-7H,4H2,1-3H3,(H,10,11,12). The summed E-state index contributed by atoms with van der Waals surface area (Å²) in [5.41, 5.74) is 0. The third-order valence-electron chi connectivity index (χ3n) is 2.30. The minimum atomic E-state index is 0.442. The molecule has 1 saturated carbocycles. The van der Waals surface area contributed by atoms with E-state index >= 15 is 0 Å². The molecule has 1 aliphatic carbocycles. The molecule has 0 spiro atoms. The summed E-state index contributed by atoms with van der Waals surface area (Å²) in [5.74, 6) is 2.47. The van der Waals surface area contributed by atoms with E-state index in [-0.39, 0.29) is 0 Å². The summed E-state index contributed by atoms with van der Waals surface area (Å²) in [7, 11) is 0. The van der Waals surface area contributed by atoms with Crippen LogP contribution >= 0.6 is 11.5 Å². The smallest absolute Gasteiger partial charge is 0.202 e. The Morgan fingerprint density at radius 2 is 2.23 bits per heavy atom. The fraction of sp³-hybridized carbons (Fsp3) is 0.778. The van der Waals surface area contributed by atoms with Gasteiger partial charge in [0.1, 0.15) is 5.82 Å². The highest BCUT2D eigenvalue weighted by Crippen LogP contribution is 2.46. The van der Waals surface area contributed by atoms with Crippen LogP contribution in [0.15, 0.2) is 0 Å². The van der Waals surface area contributed by atoms with Gasteiger partial charge < -0.3 is 5.32 Å². The molecule has 1 aromatic rings. The van der Waals surface area contributed by atoms with Crippen molar-refractivity contribution in [2.24, 2.45) is 5.92 Å². The van der Waals surface area contributed by atoms with Gasteiger partial charge in [-0.25, -0.2) is 4.98 Å². The van der Waals surface area contributed by atoms with Crippen LogP contribution in [0.3, 0.4) is 0 Å². The SMILES string of the molecule is CC(C)Nc1nc(C2CC2C)ns1. The Balaban J connectivity index is 2.01. The quantitative estimate of drug-likeness (QED) is 0.809. The summed E-state index contributed by atoms with van der Waals surface area (Å²) < 4.78 is 4.35. The number of hydrogen-bond acceptors (Lipinski definition) is 4. The average Bonchev–Trinajstić information content (AvgIpc) is 2.60. The van der Waals surface area contributed by atoms with E-state index in [4.69, 9.17) is 0 Å². The van der Waals surface area contributed by atoms with E-state index in [0.29, 0.717) is 12.0 Å². The first-order valence-corrected chi connectivity index (χ1v) is 5.54. The largest absolute Gasteiger partial charge is 0.358 e. The molecule has 2 rings (SSSR count). The zero-order valence-electron chi connectivity index (χ0n) is 8.24. The van der Waals surface area contributed by atoms with Crippen LogP contribution in [0.2, 0.25) is 0 Å². The molecule has 2 unspecified atom stereocenters. The third kappa shape index (κ3) is 1.99. The zero-order valence-corrected chi connectivity index (χ0v) is 9.06. The number of nitrogens with zero attached hydrogens (tertiary/aromatic N) is 2. The molecule has 1 aromatic heterocycles. The Labute approximate surface area is 82.8 Å². The second kappa shape index (κ2) is 3.25. The van der Waals surface area contributed by atoms with Crippen LogP contribution in [0.25, 0.3) is 0 Å². The van der Waals surface area contributed by atoms with Gasteiger partial charge in [-0.1, -0.05) is 6.92 Å². The maximum Gasteiger partial charge on any atom is 0.202 e. The van der Waals surface area contributed by atoms with Gasteiger partial charge in [0.05, 0.1) is 0 Å². The summed E-state index contributed by atoms with van der Waals surface area (Å²) in [4.78, 5) is 4.46. The lowest BCUT2D eigenvalue weighted by Crippen LogP contribution is -2.09. The van der Waals surface area contributed by atoms with Gasteiger partial charge in [-0.15, -0.1) is 0 Å². The molecule has 1 fully saturated rings. The zero-order chi connectivity index (χ0) is 9.42. The summed E-state index contributed by atoms with van der Waals surface area (Å²) in [5, 5.41) is 4.23. The molecule has 4 heteroatoms. The van der Waals surface area contributed by atoms with Gasteiger partial charge in [0.25, 0.3) is 0 Å². The van der Waals surface area contributed by atoms with Crippen LogP contribution < -0.4 is 5.32 Å².